The molecular weight excluding hydrogens is 500 g/mol. The Labute approximate surface area is 227 Å². The van der Waals surface area contributed by atoms with E-state index in [0.717, 1.165) is 16.7 Å². The van der Waals surface area contributed by atoms with Crippen LogP contribution in [0.4, 0.5) is 4.79 Å². The van der Waals surface area contributed by atoms with Crippen LogP contribution in [0.3, 0.4) is 0 Å². The van der Waals surface area contributed by atoms with E-state index >= 15 is 0 Å². The van der Waals surface area contributed by atoms with Gasteiger partial charge in [0.15, 0.2) is 0 Å². The number of carbonyl (C=O) groups excluding carboxylic acids is 4. The monoisotopic (exact) mass is 532 g/mol. The van der Waals surface area contributed by atoms with E-state index < -0.39 is 30.0 Å². The predicted octanol–water partition coefficient (Wildman–Crippen LogP) is 4.05. The van der Waals surface area contributed by atoms with Gasteiger partial charge in [-0.2, -0.15) is 0 Å². The third-order valence-corrected chi connectivity index (χ3v) is 5.56. The number of hydrogen-bond acceptors (Lipinski definition) is 7. The van der Waals surface area contributed by atoms with Crippen LogP contribution in [0.1, 0.15) is 36.0 Å². The summed E-state index contributed by atoms with van der Waals surface area (Å²) in [6.45, 7) is 0.249. The summed E-state index contributed by atoms with van der Waals surface area (Å²) in [5.74, 6) is -1.66. The smallest absolute Gasteiger partial charge is 0.407 e. The summed E-state index contributed by atoms with van der Waals surface area (Å²) in [6.07, 6.45) is -0.852. The van der Waals surface area contributed by atoms with E-state index in [4.69, 9.17) is 14.2 Å². The Hall–Kier alpha value is -4.66. The van der Waals surface area contributed by atoms with E-state index in [1.807, 2.05) is 91.0 Å². The molecule has 9 heteroatoms. The van der Waals surface area contributed by atoms with Gasteiger partial charge in [-0.05, 0) is 23.1 Å². The highest BCUT2D eigenvalue weighted by Crippen LogP contribution is 2.08. The second kappa shape index (κ2) is 16.2. The lowest BCUT2D eigenvalue weighted by atomic mass is 10.1. The van der Waals surface area contributed by atoms with Gasteiger partial charge in [-0.1, -0.05) is 91.0 Å². The molecule has 204 valence electrons. The van der Waals surface area contributed by atoms with Crippen molar-refractivity contribution >= 4 is 23.9 Å². The SMILES string of the molecule is O=C(CCNC(=O)OCc1ccccc1)N[C@H](CCC(=O)OCc1ccccc1)C(=O)OCc1ccccc1. The molecule has 0 saturated heterocycles. The highest BCUT2D eigenvalue weighted by atomic mass is 16.5. The van der Waals surface area contributed by atoms with E-state index in [0.29, 0.717) is 0 Å². The van der Waals surface area contributed by atoms with Gasteiger partial charge in [-0.3, -0.25) is 9.59 Å². The number of esters is 2. The lowest BCUT2D eigenvalue weighted by Crippen LogP contribution is -2.43. The molecule has 0 fully saturated rings. The van der Waals surface area contributed by atoms with Gasteiger partial charge in [0.2, 0.25) is 5.91 Å². The number of benzene rings is 3. The second-order valence-corrected chi connectivity index (χ2v) is 8.64. The summed E-state index contributed by atoms with van der Waals surface area (Å²) >= 11 is 0. The second-order valence-electron chi connectivity index (χ2n) is 8.64. The summed E-state index contributed by atoms with van der Waals surface area (Å²) in [7, 11) is 0. The van der Waals surface area contributed by atoms with Gasteiger partial charge in [0.05, 0.1) is 0 Å². The lowest BCUT2D eigenvalue weighted by Gasteiger charge is -2.18. The molecule has 0 bridgehead atoms. The largest absolute Gasteiger partial charge is 0.461 e. The Morgan fingerprint density at radius 1 is 0.615 bits per heavy atom. The first-order chi connectivity index (χ1) is 19.0. The molecule has 0 saturated carbocycles. The van der Waals surface area contributed by atoms with E-state index in [9.17, 15) is 19.2 Å². The van der Waals surface area contributed by atoms with Crippen LogP contribution in [0.15, 0.2) is 91.0 Å². The molecule has 0 spiro atoms. The van der Waals surface area contributed by atoms with Crippen LogP contribution >= 0.6 is 0 Å². The molecule has 2 amide bonds. The molecule has 3 aromatic rings. The number of alkyl carbamates (subject to hydrolysis) is 1. The zero-order valence-electron chi connectivity index (χ0n) is 21.5. The number of rotatable bonds is 14. The Kier molecular flexibility index (Phi) is 12.0. The summed E-state index contributed by atoms with van der Waals surface area (Å²) < 4.78 is 15.8. The van der Waals surface area contributed by atoms with Gasteiger partial charge in [-0.25, -0.2) is 9.59 Å². The fraction of sp³-hybridized carbons (Fsp3) is 0.267. The van der Waals surface area contributed by atoms with Gasteiger partial charge < -0.3 is 24.8 Å². The van der Waals surface area contributed by atoms with Gasteiger partial charge >= 0.3 is 18.0 Å². The topological polar surface area (TPSA) is 120 Å². The summed E-state index contributed by atoms with van der Waals surface area (Å²) in [5.41, 5.74) is 2.47. The molecule has 39 heavy (non-hydrogen) atoms. The zero-order chi connectivity index (χ0) is 27.7. The van der Waals surface area contributed by atoms with Gasteiger partial charge in [0, 0.05) is 19.4 Å². The van der Waals surface area contributed by atoms with Crippen molar-refractivity contribution in [2.45, 2.75) is 45.1 Å². The van der Waals surface area contributed by atoms with Crippen LogP contribution < -0.4 is 10.6 Å². The molecule has 0 radical (unpaired) electrons. The number of hydrogen-bond donors (Lipinski definition) is 2. The summed E-state index contributed by atoms with van der Waals surface area (Å²) in [4.78, 5) is 49.5. The van der Waals surface area contributed by atoms with E-state index in [1.54, 1.807) is 0 Å². The standard InChI is InChI=1S/C30H32N2O7/c33-27(18-19-31-30(36)39-22-25-14-8-3-9-15-25)32-26(29(35)38-21-24-12-6-2-7-13-24)16-17-28(34)37-20-23-10-4-1-5-11-23/h1-15,26H,16-22H2,(H,31,36)(H,32,33)/t26-/m1/s1. The van der Waals surface area contributed by atoms with Crippen LogP contribution in [0.5, 0.6) is 0 Å². The van der Waals surface area contributed by atoms with Crippen molar-refractivity contribution < 1.29 is 33.4 Å². The minimum Gasteiger partial charge on any atom is -0.461 e. The number of nitrogens with one attached hydrogen (secondary N) is 2. The first-order valence-corrected chi connectivity index (χ1v) is 12.6. The maximum atomic E-state index is 12.8. The maximum absolute atomic E-state index is 12.8. The first kappa shape index (κ1) is 28.9. The predicted molar refractivity (Wildman–Crippen MR) is 143 cm³/mol. The third kappa shape index (κ3) is 11.5. The molecule has 0 aliphatic carbocycles. The average molecular weight is 533 g/mol. The third-order valence-electron chi connectivity index (χ3n) is 5.56. The molecule has 1 atom stereocenters. The molecule has 3 aromatic carbocycles. The highest BCUT2D eigenvalue weighted by Gasteiger charge is 2.24. The molecule has 9 nitrogen and oxygen atoms in total. The van der Waals surface area contributed by atoms with E-state index in [-0.39, 0.29) is 45.6 Å². The minimum atomic E-state index is -1.06. The normalized spacial score (nSPS) is 11.1. The van der Waals surface area contributed by atoms with Crippen molar-refractivity contribution in [2.24, 2.45) is 0 Å². The molecule has 0 aliphatic rings. The Morgan fingerprint density at radius 3 is 1.64 bits per heavy atom. The lowest BCUT2D eigenvalue weighted by molar-refractivity contribution is -0.150. The Morgan fingerprint density at radius 2 is 1.10 bits per heavy atom. The molecule has 0 heterocycles. The number of ether oxygens (including phenoxy) is 3. The first-order valence-electron chi connectivity index (χ1n) is 12.6. The van der Waals surface area contributed by atoms with Crippen molar-refractivity contribution in [1.29, 1.82) is 0 Å². The fourth-order valence-electron chi connectivity index (χ4n) is 3.47. The Balaban J connectivity index is 1.45. The van der Waals surface area contributed by atoms with E-state index in [1.165, 1.54) is 0 Å². The van der Waals surface area contributed by atoms with Gasteiger partial charge in [0.1, 0.15) is 25.9 Å². The summed E-state index contributed by atoms with van der Waals surface area (Å²) in [6, 6.07) is 26.5. The van der Waals surface area contributed by atoms with Crippen molar-refractivity contribution in [2.75, 3.05) is 6.54 Å². The van der Waals surface area contributed by atoms with Crippen LogP contribution in [0, 0.1) is 0 Å². The van der Waals surface area contributed by atoms with Gasteiger partial charge in [0.25, 0.3) is 0 Å². The molecule has 0 aromatic heterocycles. The van der Waals surface area contributed by atoms with E-state index in [2.05, 4.69) is 10.6 Å². The molecule has 0 unspecified atom stereocenters. The zero-order valence-corrected chi connectivity index (χ0v) is 21.5. The van der Waals surface area contributed by atoms with Crippen LogP contribution in [-0.2, 0) is 48.4 Å². The van der Waals surface area contributed by atoms with Crippen molar-refractivity contribution in [3.05, 3.63) is 108 Å². The maximum Gasteiger partial charge on any atom is 0.407 e. The van der Waals surface area contributed by atoms with Crippen LogP contribution in [0.25, 0.3) is 0 Å². The number of amides is 2. The minimum absolute atomic E-state index is 0.000464. The van der Waals surface area contributed by atoms with Crippen LogP contribution in [0.2, 0.25) is 0 Å². The van der Waals surface area contributed by atoms with Crippen molar-refractivity contribution in [1.82, 2.24) is 10.6 Å². The molecular formula is C30H32N2O7. The molecule has 0 aliphatic heterocycles. The van der Waals surface area contributed by atoms with Crippen molar-refractivity contribution in [3.8, 4) is 0 Å². The van der Waals surface area contributed by atoms with Crippen molar-refractivity contribution in [3.63, 3.8) is 0 Å². The fourth-order valence-corrected chi connectivity index (χ4v) is 3.47. The Bertz CT molecular complexity index is 1190. The number of carbonyl (C=O) groups is 4. The average Bonchev–Trinajstić information content (AvgIpc) is 2.97. The van der Waals surface area contributed by atoms with Gasteiger partial charge in [-0.15, -0.1) is 0 Å². The van der Waals surface area contributed by atoms with Crippen LogP contribution in [-0.4, -0.2) is 36.5 Å². The summed E-state index contributed by atoms with van der Waals surface area (Å²) in [5, 5.41) is 5.10. The quantitative estimate of drug-likeness (QED) is 0.237. The molecule has 2 N–H and O–H groups in total. The molecule has 3 rings (SSSR count). The highest BCUT2D eigenvalue weighted by molar-refractivity contribution is 5.85.